The maximum atomic E-state index is 5.84. The minimum absolute atomic E-state index is 0.0880. The largest absolute Gasteiger partial charge is 0.368 e. The van der Waals surface area contributed by atoms with Gasteiger partial charge >= 0.3 is 0 Å². The van der Waals surface area contributed by atoms with E-state index in [9.17, 15) is 0 Å². The molecule has 0 aliphatic carbocycles. The summed E-state index contributed by atoms with van der Waals surface area (Å²) in [5.74, 6) is 0.918. The molecule has 0 unspecified atom stereocenters. The smallest absolute Gasteiger partial charge is 0.244 e. The Bertz CT molecular complexity index is 495. The molecule has 0 atom stereocenters. The molecule has 2 aromatic rings. The van der Waals surface area contributed by atoms with Gasteiger partial charge in [-0.1, -0.05) is 18.2 Å². The summed E-state index contributed by atoms with van der Waals surface area (Å²) >= 11 is 0. The van der Waals surface area contributed by atoms with Gasteiger partial charge in [0.15, 0.2) is 0 Å². The van der Waals surface area contributed by atoms with Crippen LogP contribution in [0, 0.1) is 0 Å². The average molecular weight is 231 g/mol. The van der Waals surface area contributed by atoms with Crippen LogP contribution < -0.4 is 11.1 Å². The lowest BCUT2D eigenvalue weighted by atomic mass is 10.1. The summed E-state index contributed by atoms with van der Waals surface area (Å²) in [6, 6.07) is 9.70. The zero-order chi connectivity index (χ0) is 12.5. The summed E-state index contributed by atoms with van der Waals surface area (Å²) < 4.78 is 1.62. The first-order valence-electron chi connectivity index (χ1n) is 5.52. The van der Waals surface area contributed by atoms with Crippen molar-refractivity contribution >= 4 is 11.9 Å². The highest BCUT2D eigenvalue weighted by molar-refractivity contribution is 5.42. The predicted octanol–water partition coefficient (Wildman–Crippen LogP) is 2.06. The molecule has 0 bridgehead atoms. The van der Waals surface area contributed by atoms with Gasteiger partial charge in [0.1, 0.15) is 0 Å². The monoisotopic (exact) mass is 231 g/mol. The third-order valence-corrected chi connectivity index (χ3v) is 2.12. The molecule has 17 heavy (non-hydrogen) atoms. The normalized spacial score (nSPS) is 11.5. The second-order valence-corrected chi connectivity index (χ2v) is 4.92. The van der Waals surface area contributed by atoms with Crippen LogP contribution in [0.4, 0.5) is 11.9 Å². The number of nitrogen functional groups attached to an aromatic ring is 1. The third-order valence-electron chi connectivity index (χ3n) is 2.12. The summed E-state index contributed by atoms with van der Waals surface area (Å²) in [6.45, 7) is 6.14. The number of aromatic nitrogens is 3. The molecular formula is C12H17N5. The number of anilines is 2. The third kappa shape index (κ3) is 2.75. The lowest BCUT2D eigenvalue weighted by Crippen LogP contribution is -2.26. The van der Waals surface area contributed by atoms with E-state index in [1.165, 1.54) is 0 Å². The zero-order valence-corrected chi connectivity index (χ0v) is 10.3. The van der Waals surface area contributed by atoms with E-state index in [-0.39, 0.29) is 5.54 Å². The molecule has 5 nitrogen and oxygen atoms in total. The maximum absolute atomic E-state index is 5.84. The van der Waals surface area contributed by atoms with Crippen LogP contribution in [0.2, 0.25) is 0 Å². The number of rotatable bonds is 2. The van der Waals surface area contributed by atoms with E-state index in [0.29, 0.717) is 11.9 Å². The van der Waals surface area contributed by atoms with Gasteiger partial charge in [-0.05, 0) is 32.9 Å². The van der Waals surface area contributed by atoms with Crippen LogP contribution in [0.15, 0.2) is 30.3 Å². The van der Waals surface area contributed by atoms with E-state index < -0.39 is 0 Å². The Hall–Kier alpha value is -2.04. The van der Waals surface area contributed by atoms with E-state index in [2.05, 4.69) is 15.4 Å². The number of nitrogens with one attached hydrogen (secondary N) is 1. The molecule has 0 aliphatic rings. The fourth-order valence-electron chi connectivity index (χ4n) is 1.47. The van der Waals surface area contributed by atoms with Crippen molar-refractivity contribution in [2.45, 2.75) is 26.3 Å². The minimum atomic E-state index is -0.0880. The summed E-state index contributed by atoms with van der Waals surface area (Å²) in [6.07, 6.45) is 0. The van der Waals surface area contributed by atoms with Crippen LogP contribution in [0.5, 0.6) is 0 Å². The van der Waals surface area contributed by atoms with Gasteiger partial charge in [0, 0.05) is 5.54 Å². The molecule has 1 heterocycles. The van der Waals surface area contributed by atoms with E-state index in [1.54, 1.807) is 4.68 Å². The molecular weight excluding hydrogens is 214 g/mol. The summed E-state index contributed by atoms with van der Waals surface area (Å²) in [7, 11) is 0. The lowest BCUT2D eigenvalue weighted by Gasteiger charge is -2.18. The van der Waals surface area contributed by atoms with E-state index in [0.717, 1.165) is 5.69 Å². The van der Waals surface area contributed by atoms with Crippen molar-refractivity contribution in [3.8, 4) is 5.69 Å². The number of nitrogens with zero attached hydrogens (tertiary/aromatic N) is 3. The van der Waals surface area contributed by atoms with Crippen LogP contribution in [0.3, 0.4) is 0 Å². The molecule has 90 valence electrons. The van der Waals surface area contributed by atoms with Crippen molar-refractivity contribution < 1.29 is 0 Å². The Morgan fingerprint density at radius 1 is 1.18 bits per heavy atom. The first-order valence-corrected chi connectivity index (χ1v) is 5.52. The van der Waals surface area contributed by atoms with E-state index >= 15 is 0 Å². The van der Waals surface area contributed by atoms with Gasteiger partial charge in [-0.25, -0.2) is 0 Å². The maximum Gasteiger partial charge on any atom is 0.244 e. The molecule has 0 fully saturated rings. The number of para-hydroxylation sites is 1. The highest BCUT2D eigenvalue weighted by atomic mass is 15.4. The molecule has 0 saturated heterocycles. The van der Waals surface area contributed by atoms with Crippen molar-refractivity contribution in [2.24, 2.45) is 0 Å². The molecule has 3 N–H and O–H groups in total. The standard InChI is InChI=1S/C12H17N5/c1-12(2,3)15-11-14-10(13)17(16-11)9-7-5-4-6-8-9/h4-8H,1-3H3,(H3,13,14,15,16). The molecule has 1 aromatic carbocycles. The van der Waals surface area contributed by atoms with Gasteiger partial charge in [-0.3, -0.25) is 0 Å². The Morgan fingerprint density at radius 2 is 1.82 bits per heavy atom. The van der Waals surface area contributed by atoms with Crippen molar-refractivity contribution in [3.05, 3.63) is 30.3 Å². The van der Waals surface area contributed by atoms with Gasteiger partial charge in [0.05, 0.1) is 5.69 Å². The number of nitrogens with two attached hydrogens (primary N) is 1. The Labute approximate surface area is 101 Å². The minimum Gasteiger partial charge on any atom is -0.368 e. The van der Waals surface area contributed by atoms with Crippen molar-refractivity contribution in [3.63, 3.8) is 0 Å². The molecule has 5 heteroatoms. The number of benzene rings is 1. The van der Waals surface area contributed by atoms with Crippen LogP contribution in [0.25, 0.3) is 5.69 Å². The van der Waals surface area contributed by atoms with Crippen molar-refractivity contribution in [2.75, 3.05) is 11.1 Å². The fraction of sp³-hybridized carbons (Fsp3) is 0.333. The van der Waals surface area contributed by atoms with Gasteiger partial charge in [-0.2, -0.15) is 9.67 Å². The summed E-state index contributed by atoms with van der Waals surface area (Å²) in [5, 5.41) is 7.52. The number of hydrogen-bond acceptors (Lipinski definition) is 4. The van der Waals surface area contributed by atoms with Crippen molar-refractivity contribution in [1.82, 2.24) is 14.8 Å². The van der Waals surface area contributed by atoms with E-state index in [1.807, 2.05) is 51.1 Å². The zero-order valence-electron chi connectivity index (χ0n) is 10.3. The lowest BCUT2D eigenvalue weighted by molar-refractivity contribution is 0.625. The molecule has 0 spiro atoms. The molecule has 1 aromatic heterocycles. The van der Waals surface area contributed by atoms with Crippen LogP contribution in [-0.4, -0.2) is 20.3 Å². The number of hydrogen-bond donors (Lipinski definition) is 2. The first-order chi connectivity index (χ1) is 7.96. The van der Waals surface area contributed by atoms with Gasteiger partial charge in [0.25, 0.3) is 0 Å². The highest BCUT2D eigenvalue weighted by Crippen LogP contribution is 2.15. The van der Waals surface area contributed by atoms with Crippen LogP contribution in [0.1, 0.15) is 20.8 Å². The molecule has 0 saturated carbocycles. The molecule has 0 radical (unpaired) electrons. The van der Waals surface area contributed by atoms with Gasteiger partial charge < -0.3 is 11.1 Å². The molecule has 0 aliphatic heterocycles. The van der Waals surface area contributed by atoms with Gasteiger partial charge in [-0.15, -0.1) is 5.10 Å². The first kappa shape index (κ1) is 11.4. The molecule has 2 rings (SSSR count). The van der Waals surface area contributed by atoms with Crippen molar-refractivity contribution in [1.29, 1.82) is 0 Å². The summed E-state index contributed by atoms with van der Waals surface area (Å²) in [4.78, 5) is 4.19. The second-order valence-electron chi connectivity index (χ2n) is 4.92. The summed E-state index contributed by atoms with van der Waals surface area (Å²) in [5.41, 5.74) is 6.66. The predicted molar refractivity (Wildman–Crippen MR) is 69.1 cm³/mol. The topological polar surface area (TPSA) is 68.8 Å². The average Bonchev–Trinajstić information content (AvgIpc) is 2.58. The van der Waals surface area contributed by atoms with E-state index in [4.69, 9.17) is 5.73 Å². The molecule has 0 amide bonds. The Morgan fingerprint density at radius 3 is 2.41 bits per heavy atom. The Kier molecular flexibility index (Phi) is 2.75. The second kappa shape index (κ2) is 4.08. The van der Waals surface area contributed by atoms with Crippen LogP contribution in [-0.2, 0) is 0 Å². The Balaban J connectivity index is 2.32. The SMILES string of the molecule is CC(C)(C)Nc1nc(N)n(-c2ccccc2)n1. The highest BCUT2D eigenvalue weighted by Gasteiger charge is 2.14. The van der Waals surface area contributed by atoms with Crippen LogP contribution >= 0.6 is 0 Å². The van der Waals surface area contributed by atoms with Gasteiger partial charge in [0.2, 0.25) is 11.9 Å². The fourth-order valence-corrected chi connectivity index (χ4v) is 1.47. The quantitative estimate of drug-likeness (QED) is 0.830.